The number of hydrogen-bond acceptors (Lipinski definition) is 2. The fraction of sp³-hybridized carbons (Fsp3) is 0.211. The van der Waals surface area contributed by atoms with Crippen LogP contribution in [0.2, 0.25) is 0 Å². The Kier molecular flexibility index (Phi) is 4.88. The van der Waals surface area contributed by atoms with Crippen molar-refractivity contribution in [2.75, 3.05) is 6.61 Å². The van der Waals surface area contributed by atoms with Crippen molar-refractivity contribution in [2.24, 2.45) is 0 Å². The maximum atomic E-state index is 5.79. The molecule has 3 heteroatoms. The molecule has 0 radical (unpaired) electrons. The van der Waals surface area contributed by atoms with Crippen molar-refractivity contribution in [3.05, 3.63) is 78.9 Å². The highest BCUT2D eigenvalue weighted by Gasteiger charge is 1.98. The van der Waals surface area contributed by atoms with Crippen LogP contribution in [0.1, 0.15) is 18.4 Å². The van der Waals surface area contributed by atoms with Crippen LogP contribution in [0.4, 0.5) is 0 Å². The van der Waals surface area contributed by atoms with E-state index in [-0.39, 0.29) is 0 Å². The third-order valence-corrected chi connectivity index (χ3v) is 3.61. The Hall–Kier alpha value is -2.55. The summed E-state index contributed by atoms with van der Waals surface area (Å²) in [7, 11) is 0. The summed E-state index contributed by atoms with van der Waals surface area (Å²) in [6.45, 7) is 0.761. The van der Waals surface area contributed by atoms with E-state index >= 15 is 0 Å². The lowest BCUT2D eigenvalue weighted by Crippen LogP contribution is -1.98. The van der Waals surface area contributed by atoms with E-state index in [4.69, 9.17) is 4.74 Å². The molecule has 0 aliphatic carbocycles. The van der Waals surface area contributed by atoms with Crippen molar-refractivity contribution >= 4 is 0 Å². The van der Waals surface area contributed by atoms with E-state index in [9.17, 15) is 0 Å². The molecule has 22 heavy (non-hydrogen) atoms. The Morgan fingerprint density at radius 2 is 1.73 bits per heavy atom. The summed E-state index contributed by atoms with van der Waals surface area (Å²) < 4.78 is 7.77. The molecule has 0 amide bonds. The predicted molar refractivity (Wildman–Crippen MR) is 88.4 cm³/mol. The quantitative estimate of drug-likeness (QED) is 0.608. The first-order valence-electron chi connectivity index (χ1n) is 7.67. The van der Waals surface area contributed by atoms with Gasteiger partial charge in [-0.25, -0.2) is 4.98 Å². The van der Waals surface area contributed by atoms with Crippen molar-refractivity contribution in [1.29, 1.82) is 0 Å². The molecule has 0 N–H and O–H groups in total. The van der Waals surface area contributed by atoms with Gasteiger partial charge in [0.05, 0.1) is 12.9 Å². The number of aromatic nitrogens is 2. The first-order valence-corrected chi connectivity index (χ1v) is 7.67. The van der Waals surface area contributed by atoms with Crippen molar-refractivity contribution in [2.45, 2.75) is 19.3 Å². The minimum atomic E-state index is 0.761. The Labute approximate surface area is 131 Å². The Bertz CT molecular complexity index is 660. The molecule has 3 aromatic rings. The average Bonchev–Trinajstić information content (AvgIpc) is 3.11. The van der Waals surface area contributed by atoms with Crippen LogP contribution >= 0.6 is 0 Å². The summed E-state index contributed by atoms with van der Waals surface area (Å²) in [6.07, 6.45) is 8.83. The van der Waals surface area contributed by atoms with Crippen LogP contribution in [-0.2, 0) is 6.42 Å². The minimum absolute atomic E-state index is 0.761. The molecule has 3 rings (SSSR count). The zero-order valence-electron chi connectivity index (χ0n) is 12.6. The van der Waals surface area contributed by atoms with E-state index in [1.165, 1.54) is 5.56 Å². The van der Waals surface area contributed by atoms with E-state index in [1.807, 2.05) is 35.0 Å². The number of nitrogens with zero attached hydrogens (tertiary/aromatic N) is 2. The normalized spacial score (nSPS) is 10.5. The highest BCUT2D eigenvalue weighted by Crippen LogP contribution is 2.15. The zero-order chi connectivity index (χ0) is 15.0. The predicted octanol–water partition coefficient (Wildman–Crippen LogP) is 4.27. The number of benzene rings is 2. The topological polar surface area (TPSA) is 27.1 Å². The molecule has 0 saturated carbocycles. The van der Waals surface area contributed by atoms with Crippen LogP contribution in [0, 0.1) is 0 Å². The number of ether oxygens (including phenoxy) is 1. The van der Waals surface area contributed by atoms with Crippen molar-refractivity contribution in [1.82, 2.24) is 9.55 Å². The van der Waals surface area contributed by atoms with Gasteiger partial charge in [0.25, 0.3) is 0 Å². The molecule has 0 spiro atoms. The molecule has 0 aliphatic heterocycles. The molecule has 0 aliphatic rings. The molecule has 0 saturated heterocycles. The first kappa shape index (κ1) is 14.4. The van der Waals surface area contributed by atoms with Gasteiger partial charge in [-0.3, -0.25) is 0 Å². The van der Waals surface area contributed by atoms with Gasteiger partial charge in [-0.1, -0.05) is 30.3 Å². The van der Waals surface area contributed by atoms with Crippen LogP contribution in [0.3, 0.4) is 0 Å². The maximum absolute atomic E-state index is 5.79. The van der Waals surface area contributed by atoms with Gasteiger partial charge in [-0.15, -0.1) is 0 Å². The van der Waals surface area contributed by atoms with E-state index < -0.39 is 0 Å². The second kappa shape index (κ2) is 7.46. The summed E-state index contributed by atoms with van der Waals surface area (Å²) >= 11 is 0. The molecule has 0 bridgehead atoms. The standard InChI is InChI=1S/C19H20N2O/c1-2-6-17(7-3-1)8-4-5-15-22-19-11-9-18(10-12-19)21-14-13-20-16-21/h1-3,6-7,9-14,16H,4-5,8,15H2. The Morgan fingerprint density at radius 1 is 0.909 bits per heavy atom. The average molecular weight is 292 g/mol. The molecule has 1 heterocycles. The van der Waals surface area contributed by atoms with Gasteiger partial charge < -0.3 is 9.30 Å². The molecular formula is C19H20N2O. The summed E-state index contributed by atoms with van der Waals surface area (Å²) in [5.74, 6) is 0.920. The number of unbranched alkanes of at least 4 members (excludes halogenated alkanes) is 1. The van der Waals surface area contributed by atoms with Crippen LogP contribution in [0.25, 0.3) is 5.69 Å². The smallest absolute Gasteiger partial charge is 0.119 e. The summed E-state index contributed by atoms with van der Waals surface area (Å²) in [4.78, 5) is 4.05. The second-order valence-corrected chi connectivity index (χ2v) is 5.26. The van der Waals surface area contributed by atoms with Gasteiger partial charge in [0.2, 0.25) is 0 Å². The fourth-order valence-corrected chi connectivity index (χ4v) is 2.39. The van der Waals surface area contributed by atoms with Crippen molar-refractivity contribution in [3.8, 4) is 11.4 Å². The largest absolute Gasteiger partial charge is 0.494 e. The number of aryl methyl sites for hydroxylation is 1. The lowest BCUT2D eigenvalue weighted by Gasteiger charge is -2.08. The Balaban J connectivity index is 1.40. The lowest BCUT2D eigenvalue weighted by atomic mass is 10.1. The molecular weight excluding hydrogens is 272 g/mol. The second-order valence-electron chi connectivity index (χ2n) is 5.26. The van der Waals surface area contributed by atoms with Crippen LogP contribution < -0.4 is 4.74 Å². The van der Waals surface area contributed by atoms with E-state index in [1.54, 1.807) is 12.5 Å². The minimum Gasteiger partial charge on any atom is -0.494 e. The highest BCUT2D eigenvalue weighted by molar-refractivity contribution is 5.37. The number of rotatable bonds is 7. The zero-order valence-corrected chi connectivity index (χ0v) is 12.6. The molecule has 0 fully saturated rings. The maximum Gasteiger partial charge on any atom is 0.119 e. The third kappa shape index (κ3) is 3.98. The van der Waals surface area contributed by atoms with Crippen LogP contribution in [0.5, 0.6) is 5.75 Å². The summed E-state index contributed by atoms with van der Waals surface area (Å²) in [6, 6.07) is 18.7. The van der Waals surface area contributed by atoms with Crippen LogP contribution in [-0.4, -0.2) is 16.2 Å². The van der Waals surface area contributed by atoms with Crippen molar-refractivity contribution in [3.63, 3.8) is 0 Å². The van der Waals surface area contributed by atoms with Gasteiger partial charge in [0.15, 0.2) is 0 Å². The monoisotopic (exact) mass is 292 g/mol. The SMILES string of the molecule is c1ccc(CCCCOc2ccc(-n3ccnc3)cc2)cc1. The molecule has 3 nitrogen and oxygen atoms in total. The third-order valence-electron chi connectivity index (χ3n) is 3.61. The van der Waals surface area contributed by atoms with Gasteiger partial charge in [0, 0.05) is 18.1 Å². The van der Waals surface area contributed by atoms with Crippen LogP contribution in [0.15, 0.2) is 73.3 Å². The highest BCUT2D eigenvalue weighted by atomic mass is 16.5. The van der Waals surface area contributed by atoms with E-state index in [2.05, 4.69) is 35.3 Å². The van der Waals surface area contributed by atoms with E-state index in [0.29, 0.717) is 0 Å². The molecule has 2 aromatic carbocycles. The lowest BCUT2D eigenvalue weighted by molar-refractivity contribution is 0.307. The summed E-state index contributed by atoms with van der Waals surface area (Å²) in [5, 5.41) is 0. The van der Waals surface area contributed by atoms with Gasteiger partial charge in [0.1, 0.15) is 5.75 Å². The number of imidazole rings is 1. The van der Waals surface area contributed by atoms with Gasteiger partial charge in [-0.05, 0) is 49.1 Å². The molecule has 1 aromatic heterocycles. The van der Waals surface area contributed by atoms with Crippen molar-refractivity contribution < 1.29 is 4.74 Å². The number of hydrogen-bond donors (Lipinski definition) is 0. The Morgan fingerprint density at radius 3 is 2.45 bits per heavy atom. The summed E-state index contributed by atoms with van der Waals surface area (Å²) in [5.41, 5.74) is 2.49. The van der Waals surface area contributed by atoms with Gasteiger partial charge in [-0.2, -0.15) is 0 Å². The first-order chi connectivity index (χ1) is 10.9. The molecule has 0 unspecified atom stereocenters. The van der Waals surface area contributed by atoms with E-state index in [0.717, 1.165) is 37.3 Å². The van der Waals surface area contributed by atoms with Gasteiger partial charge >= 0.3 is 0 Å². The molecule has 0 atom stereocenters. The molecule has 112 valence electrons. The fourth-order valence-electron chi connectivity index (χ4n) is 2.39.